The smallest absolute Gasteiger partial charge is 0.306 e. The molecule has 0 aliphatic heterocycles. The number of carbonyl (C=O) groups excluding carboxylic acids is 3. The van der Waals surface area contributed by atoms with Gasteiger partial charge in [0.15, 0.2) is 6.10 Å². The molecule has 0 N–H and O–H groups in total. The maximum Gasteiger partial charge on any atom is 0.306 e. The third-order valence-electron chi connectivity index (χ3n) is 13.2. The SMILES string of the molecule is CC/C=C\C/C=C\C/C=C\C/C=C\C/C=C\C/C=C\CCCCCCC(=O)OCC(COC(=O)CCCCCCC/C=C\CCCC)OC(=O)CCCCCCCCCCCCC/C=C\C/C=C\CCCCCCC. The summed E-state index contributed by atoms with van der Waals surface area (Å²) in [7, 11) is 0. The summed E-state index contributed by atoms with van der Waals surface area (Å²) in [6.45, 7) is 6.46. The van der Waals surface area contributed by atoms with Gasteiger partial charge in [0.2, 0.25) is 0 Å². The first-order chi connectivity index (χ1) is 37.0. The van der Waals surface area contributed by atoms with E-state index in [4.69, 9.17) is 14.2 Å². The Labute approximate surface area is 463 Å². The predicted octanol–water partition coefficient (Wildman–Crippen LogP) is 21.4. The molecule has 6 heteroatoms. The second-order valence-corrected chi connectivity index (χ2v) is 20.6. The molecule has 1 unspecified atom stereocenters. The van der Waals surface area contributed by atoms with Crippen molar-refractivity contribution in [2.75, 3.05) is 13.2 Å². The Balaban J connectivity index is 4.36. The van der Waals surface area contributed by atoms with E-state index in [1.165, 1.54) is 122 Å². The van der Waals surface area contributed by atoms with Gasteiger partial charge in [-0.2, -0.15) is 0 Å². The lowest BCUT2D eigenvalue weighted by Crippen LogP contribution is -2.30. The Hall–Kier alpha value is -3.93. The summed E-state index contributed by atoms with van der Waals surface area (Å²) < 4.78 is 16.9. The summed E-state index contributed by atoms with van der Waals surface area (Å²) in [5.74, 6) is -0.924. The van der Waals surface area contributed by atoms with Gasteiger partial charge in [-0.25, -0.2) is 0 Å². The van der Waals surface area contributed by atoms with Crippen LogP contribution in [0.3, 0.4) is 0 Å². The third-order valence-corrected chi connectivity index (χ3v) is 13.2. The van der Waals surface area contributed by atoms with E-state index in [9.17, 15) is 14.4 Å². The second kappa shape index (κ2) is 62.6. The summed E-state index contributed by atoms with van der Waals surface area (Å²) in [4.78, 5) is 38.2. The van der Waals surface area contributed by atoms with Crippen molar-refractivity contribution in [3.05, 3.63) is 109 Å². The van der Waals surface area contributed by atoms with E-state index < -0.39 is 6.10 Å². The van der Waals surface area contributed by atoms with Crippen LogP contribution >= 0.6 is 0 Å². The largest absolute Gasteiger partial charge is 0.462 e. The Morgan fingerprint density at radius 3 is 0.867 bits per heavy atom. The molecule has 0 fully saturated rings. The molecule has 0 bridgehead atoms. The molecule has 428 valence electrons. The molecule has 0 amide bonds. The zero-order valence-electron chi connectivity index (χ0n) is 49.0. The normalized spacial score (nSPS) is 12.8. The Kier molecular flexibility index (Phi) is 59.3. The average Bonchev–Trinajstić information content (AvgIpc) is 3.41. The highest BCUT2D eigenvalue weighted by atomic mass is 16.6. The zero-order valence-corrected chi connectivity index (χ0v) is 49.0. The third kappa shape index (κ3) is 60.8. The van der Waals surface area contributed by atoms with Crippen molar-refractivity contribution in [2.24, 2.45) is 0 Å². The molecule has 0 rings (SSSR count). The lowest BCUT2D eigenvalue weighted by Gasteiger charge is -2.18. The first kappa shape index (κ1) is 71.1. The summed E-state index contributed by atoms with van der Waals surface area (Å²) in [5, 5.41) is 0. The van der Waals surface area contributed by atoms with Crippen LogP contribution in [0.4, 0.5) is 0 Å². The molecule has 0 aromatic carbocycles. The maximum atomic E-state index is 12.9. The number of hydrogen-bond donors (Lipinski definition) is 0. The van der Waals surface area contributed by atoms with Crippen molar-refractivity contribution in [3.63, 3.8) is 0 Å². The van der Waals surface area contributed by atoms with Crippen LogP contribution in [-0.2, 0) is 28.6 Å². The van der Waals surface area contributed by atoms with Gasteiger partial charge < -0.3 is 14.2 Å². The van der Waals surface area contributed by atoms with E-state index in [1.807, 2.05) is 0 Å². The molecule has 0 heterocycles. The number of hydrogen-bond acceptors (Lipinski definition) is 6. The van der Waals surface area contributed by atoms with Crippen LogP contribution in [0.15, 0.2) is 109 Å². The minimum absolute atomic E-state index is 0.0922. The topological polar surface area (TPSA) is 78.9 Å². The van der Waals surface area contributed by atoms with Crippen molar-refractivity contribution in [3.8, 4) is 0 Å². The highest BCUT2D eigenvalue weighted by Crippen LogP contribution is 2.15. The Bertz CT molecular complexity index is 1520. The van der Waals surface area contributed by atoms with Crippen LogP contribution in [0, 0.1) is 0 Å². The number of ether oxygens (including phenoxy) is 3. The van der Waals surface area contributed by atoms with E-state index in [2.05, 4.69) is 130 Å². The van der Waals surface area contributed by atoms with Crippen LogP contribution in [0.25, 0.3) is 0 Å². The van der Waals surface area contributed by atoms with Crippen molar-refractivity contribution >= 4 is 17.9 Å². The monoisotopic (exact) mass is 1040 g/mol. The number of carbonyl (C=O) groups is 3. The van der Waals surface area contributed by atoms with Gasteiger partial charge in [0, 0.05) is 19.3 Å². The van der Waals surface area contributed by atoms with Gasteiger partial charge in [-0.3, -0.25) is 14.4 Å². The summed E-state index contributed by atoms with van der Waals surface area (Å²) in [5.41, 5.74) is 0. The van der Waals surface area contributed by atoms with Crippen LogP contribution in [-0.4, -0.2) is 37.2 Å². The minimum atomic E-state index is -0.796. The van der Waals surface area contributed by atoms with Crippen LogP contribution < -0.4 is 0 Å². The van der Waals surface area contributed by atoms with E-state index in [-0.39, 0.29) is 31.1 Å². The van der Waals surface area contributed by atoms with E-state index in [1.54, 1.807) is 0 Å². The van der Waals surface area contributed by atoms with Crippen LogP contribution in [0.5, 0.6) is 0 Å². The van der Waals surface area contributed by atoms with Crippen molar-refractivity contribution < 1.29 is 28.6 Å². The average molecular weight is 1040 g/mol. The van der Waals surface area contributed by atoms with E-state index in [0.29, 0.717) is 19.3 Å². The predicted molar refractivity (Wildman–Crippen MR) is 325 cm³/mol. The van der Waals surface area contributed by atoms with Gasteiger partial charge in [0.1, 0.15) is 13.2 Å². The fraction of sp³-hybridized carbons (Fsp3) is 0.696. The molecule has 6 nitrogen and oxygen atoms in total. The molecular weight excluding hydrogens is 925 g/mol. The summed E-state index contributed by atoms with van der Waals surface area (Å²) in [6.07, 6.45) is 85.2. The highest BCUT2D eigenvalue weighted by Gasteiger charge is 2.19. The number of esters is 3. The molecule has 1 atom stereocenters. The molecule has 0 spiro atoms. The second-order valence-electron chi connectivity index (χ2n) is 20.6. The number of allylic oxidation sites excluding steroid dienone is 18. The fourth-order valence-electron chi connectivity index (χ4n) is 8.52. The molecule has 0 saturated carbocycles. The molecule has 0 aromatic rings. The standard InChI is InChI=1S/C69H116O6/c1-4-7-10-13-16-19-22-24-26-28-30-32-34-36-38-40-42-44-47-50-53-56-59-62-68(71)74-65-66(64-73-67(70)61-58-55-52-49-46-21-18-15-12-9-6-3)75-69(72)63-60-57-54-51-48-45-43-41-39-37-35-33-31-29-27-25-23-20-17-14-11-8-5-2/h7,10,15-16,18-19,23-26,29-32,36,38,42,44,66H,4-6,8-9,11-14,17,20-22,27-28,33-35,37,39-41,43,45-65H2,1-3H3/b10-7-,18-15-,19-16-,25-23-,26-24-,31-29-,32-30-,38-36-,44-42-. The number of rotatable bonds is 56. The van der Waals surface area contributed by atoms with Crippen LogP contribution in [0.2, 0.25) is 0 Å². The lowest BCUT2D eigenvalue weighted by atomic mass is 10.0. The van der Waals surface area contributed by atoms with Crippen molar-refractivity contribution in [1.29, 1.82) is 0 Å². The number of unbranched alkanes of at least 4 members (excludes halogenated alkanes) is 27. The minimum Gasteiger partial charge on any atom is -0.462 e. The summed E-state index contributed by atoms with van der Waals surface area (Å²) >= 11 is 0. The molecule has 0 saturated heterocycles. The van der Waals surface area contributed by atoms with E-state index >= 15 is 0 Å². The van der Waals surface area contributed by atoms with E-state index in [0.717, 1.165) is 128 Å². The molecule has 75 heavy (non-hydrogen) atoms. The van der Waals surface area contributed by atoms with Crippen LogP contribution in [0.1, 0.15) is 290 Å². The zero-order chi connectivity index (χ0) is 54.3. The van der Waals surface area contributed by atoms with Gasteiger partial charge in [-0.15, -0.1) is 0 Å². The maximum absolute atomic E-state index is 12.9. The van der Waals surface area contributed by atoms with Crippen molar-refractivity contribution in [1.82, 2.24) is 0 Å². The molecule has 0 aromatic heterocycles. The Morgan fingerprint density at radius 2 is 0.533 bits per heavy atom. The van der Waals surface area contributed by atoms with Gasteiger partial charge in [-0.05, 0) is 122 Å². The summed E-state index contributed by atoms with van der Waals surface area (Å²) in [6, 6.07) is 0. The van der Waals surface area contributed by atoms with Gasteiger partial charge in [-0.1, -0.05) is 259 Å². The quantitative estimate of drug-likeness (QED) is 0.0261. The van der Waals surface area contributed by atoms with Crippen molar-refractivity contribution in [2.45, 2.75) is 297 Å². The molecule has 0 radical (unpaired) electrons. The van der Waals surface area contributed by atoms with Gasteiger partial charge in [0.05, 0.1) is 0 Å². The van der Waals surface area contributed by atoms with Gasteiger partial charge >= 0.3 is 17.9 Å². The fourth-order valence-corrected chi connectivity index (χ4v) is 8.52. The highest BCUT2D eigenvalue weighted by molar-refractivity contribution is 5.71. The molecular formula is C69H116O6. The Morgan fingerprint density at radius 1 is 0.280 bits per heavy atom. The first-order valence-corrected chi connectivity index (χ1v) is 31.4. The molecule has 0 aliphatic carbocycles. The lowest BCUT2D eigenvalue weighted by molar-refractivity contribution is -0.167. The van der Waals surface area contributed by atoms with Gasteiger partial charge in [0.25, 0.3) is 0 Å². The molecule has 0 aliphatic rings. The first-order valence-electron chi connectivity index (χ1n) is 31.4.